The van der Waals surface area contributed by atoms with Crippen LogP contribution in [-0.4, -0.2) is 5.71 Å². The number of benzene rings is 1. The van der Waals surface area contributed by atoms with Gasteiger partial charge in [0.25, 0.3) is 0 Å². The Morgan fingerprint density at radius 1 is 1.47 bits per heavy atom. The molecule has 3 heteroatoms. The average molecular weight is 206 g/mol. The molecule has 1 aromatic carbocycles. The first kappa shape index (κ1) is 10.3. The van der Waals surface area contributed by atoms with Crippen LogP contribution in [0.25, 0.3) is 0 Å². The van der Waals surface area contributed by atoms with E-state index >= 15 is 0 Å². The number of hydrogen-bond acceptors (Lipinski definition) is 2. The minimum Gasteiger partial charge on any atom is -0.323 e. The second-order valence-corrected chi connectivity index (χ2v) is 3.97. The summed E-state index contributed by atoms with van der Waals surface area (Å²) in [7, 11) is 0. The van der Waals surface area contributed by atoms with Gasteiger partial charge in [-0.2, -0.15) is 0 Å². The summed E-state index contributed by atoms with van der Waals surface area (Å²) in [6, 6.07) is 4.49. The first-order valence-electron chi connectivity index (χ1n) is 5.26. The van der Waals surface area contributed by atoms with Crippen molar-refractivity contribution in [1.82, 2.24) is 0 Å². The summed E-state index contributed by atoms with van der Waals surface area (Å²) in [5.41, 5.74) is 8.81. The first-order valence-corrected chi connectivity index (χ1v) is 5.26. The van der Waals surface area contributed by atoms with Gasteiger partial charge in [0.05, 0.1) is 5.69 Å². The number of aliphatic imine (C=N–C) groups is 1. The highest BCUT2D eigenvalue weighted by Gasteiger charge is 2.26. The van der Waals surface area contributed by atoms with Crippen molar-refractivity contribution in [3.05, 3.63) is 29.6 Å². The van der Waals surface area contributed by atoms with Crippen molar-refractivity contribution < 1.29 is 4.39 Å². The maximum absolute atomic E-state index is 13.1. The molecule has 15 heavy (non-hydrogen) atoms. The molecular formula is C12H15FN2. The Morgan fingerprint density at radius 3 is 2.87 bits per heavy atom. The molecule has 0 radical (unpaired) electrons. The lowest BCUT2D eigenvalue weighted by Gasteiger charge is -2.27. The smallest absolute Gasteiger partial charge is 0.123 e. The third-order valence-corrected chi connectivity index (χ3v) is 3.04. The Bertz CT molecular complexity index is 412. The number of fused-ring (bicyclic) bond motifs is 1. The zero-order valence-corrected chi connectivity index (χ0v) is 9.00. The fraction of sp³-hybridized carbons (Fsp3) is 0.417. The number of rotatable bonds is 1. The average Bonchev–Trinajstić information content (AvgIpc) is 2.24. The number of nitrogens with two attached hydrogens (primary N) is 1. The van der Waals surface area contributed by atoms with Crippen LogP contribution in [0.2, 0.25) is 0 Å². The van der Waals surface area contributed by atoms with E-state index in [1.165, 1.54) is 12.1 Å². The molecule has 0 amide bonds. The zero-order valence-electron chi connectivity index (χ0n) is 9.00. The van der Waals surface area contributed by atoms with Crippen molar-refractivity contribution in [2.24, 2.45) is 16.6 Å². The highest BCUT2D eigenvalue weighted by molar-refractivity contribution is 5.91. The number of hydrogen-bond donors (Lipinski definition) is 1. The van der Waals surface area contributed by atoms with Crippen LogP contribution in [0.5, 0.6) is 0 Å². The van der Waals surface area contributed by atoms with E-state index in [9.17, 15) is 4.39 Å². The Hall–Kier alpha value is -1.22. The van der Waals surface area contributed by atoms with Gasteiger partial charge in [0.2, 0.25) is 0 Å². The van der Waals surface area contributed by atoms with E-state index in [0.29, 0.717) is 0 Å². The molecule has 2 nitrogen and oxygen atoms in total. The molecule has 2 rings (SSSR count). The fourth-order valence-corrected chi connectivity index (χ4v) is 2.03. The standard InChI is InChI=1S/C12H15FN2/c1-3-10-7(2)12(14)9-6-8(13)4-5-11(9)15-10/h4-7,12H,3,14H2,1-2H3/t7-,12+/m0/s1. The maximum atomic E-state index is 13.1. The van der Waals surface area contributed by atoms with Crippen LogP contribution in [-0.2, 0) is 0 Å². The summed E-state index contributed by atoms with van der Waals surface area (Å²) < 4.78 is 13.1. The summed E-state index contributed by atoms with van der Waals surface area (Å²) in [6.07, 6.45) is 0.895. The van der Waals surface area contributed by atoms with Gasteiger partial charge in [0.1, 0.15) is 5.82 Å². The molecule has 1 aromatic rings. The molecule has 0 fully saturated rings. The molecule has 0 unspecified atom stereocenters. The van der Waals surface area contributed by atoms with E-state index in [4.69, 9.17) is 5.73 Å². The van der Waals surface area contributed by atoms with Gasteiger partial charge in [-0.25, -0.2) is 4.39 Å². The van der Waals surface area contributed by atoms with E-state index in [1.807, 2.05) is 6.92 Å². The van der Waals surface area contributed by atoms with Gasteiger partial charge in [-0.1, -0.05) is 13.8 Å². The van der Waals surface area contributed by atoms with E-state index in [1.54, 1.807) is 6.07 Å². The lowest BCUT2D eigenvalue weighted by Crippen LogP contribution is -2.28. The van der Waals surface area contributed by atoms with E-state index in [-0.39, 0.29) is 17.8 Å². The molecule has 0 spiro atoms. The summed E-state index contributed by atoms with van der Waals surface area (Å²) in [6.45, 7) is 4.11. The SMILES string of the molecule is CCC1=Nc2ccc(F)cc2[C@H](N)[C@H]1C. The van der Waals surface area contributed by atoms with Gasteiger partial charge >= 0.3 is 0 Å². The second-order valence-electron chi connectivity index (χ2n) is 3.97. The molecule has 0 saturated carbocycles. The first-order chi connectivity index (χ1) is 7.13. The third kappa shape index (κ3) is 1.67. The van der Waals surface area contributed by atoms with Crippen molar-refractivity contribution in [3.8, 4) is 0 Å². The van der Waals surface area contributed by atoms with Crippen LogP contribution in [0.15, 0.2) is 23.2 Å². The maximum Gasteiger partial charge on any atom is 0.123 e. The highest BCUT2D eigenvalue weighted by Crippen LogP contribution is 2.35. The van der Waals surface area contributed by atoms with Crippen LogP contribution >= 0.6 is 0 Å². The van der Waals surface area contributed by atoms with Crippen molar-refractivity contribution in [3.63, 3.8) is 0 Å². The van der Waals surface area contributed by atoms with Crippen LogP contribution in [0.1, 0.15) is 31.9 Å². The molecule has 0 aromatic heterocycles. The molecule has 80 valence electrons. The second kappa shape index (κ2) is 3.74. The Balaban J connectivity index is 2.54. The zero-order chi connectivity index (χ0) is 11.0. The Morgan fingerprint density at radius 2 is 2.20 bits per heavy atom. The molecule has 1 aliphatic rings. The van der Waals surface area contributed by atoms with Gasteiger partial charge in [0, 0.05) is 17.7 Å². The lowest BCUT2D eigenvalue weighted by molar-refractivity contribution is 0.569. The molecule has 0 saturated heterocycles. The largest absolute Gasteiger partial charge is 0.323 e. The van der Waals surface area contributed by atoms with E-state index in [2.05, 4.69) is 11.9 Å². The van der Waals surface area contributed by atoms with Crippen molar-refractivity contribution in [2.45, 2.75) is 26.3 Å². The van der Waals surface area contributed by atoms with Crippen molar-refractivity contribution >= 4 is 11.4 Å². The quantitative estimate of drug-likeness (QED) is 0.753. The Labute approximate surface area is 89.0 Å². The molecular weight excluding hydrogens is 191 g/mol. The Kier molecular flexibility index (Phi) is 2.57. The number of halogens is 1. The normalized spacial score (nSPS) is 24.7. The predicted molar refractivity (Wildman–Crippen MR) is 59.9 cm³/mol. The van der Waals surface area contributed by atoms with Gasteiger partial charge in [-0.05, 0) is 30.2 Å². The summed E-state index contributed by atoms with van der Waals surface area (Å²) in [5.74, 6) is -0.0455. The van der Waals surface area contributed by atoms with Crippen LogP contribution < -0.4 is 5.73 Å². The fourth-order valence-electron chi connectivity index (χ4n) is 2.03. The van der Waals surface area contributed by atoms with Crippen molar-refractivity contribution in [1.29, 1.82) is 0 Å². The topological polar surface area (TPSA) is 38.4 Å². The minimum absolute atomic E-state index is 0.136. The summed E-state index contributed by atoms with van der Waals surface area (Å²) >= 11 is 0. The molecule has 2 atom stereocenters. The van der Waals surface area contributed by atoms with E-state index in [0.717, 1.165) is 23.4 Å². The molecule has 0 bridgehead atoms. The van der Waals surface area contributed by atoms with Gasteiger partial charge in [-0.3, -0.25) is 4.99 Å². The molecule has 1 heterocycles. The van der Waals surface area contributed by atoms with Gasteiger partial charge in [-0.15, -0.1) is 0 Å². The molecule has 1 aliphatic heterocycles. The van der Waals surface area contributed by atoms with Gasteiger partial charge in [0.15, 0.2) is 0 Å². The van der Waals surface area contributed by atoms with Crippen LogP contribution in [0.3, 0.4) is 0 Å². The third-order valence-electron chi connectivity index (χ3n) is 3.04. The van der Waals surface area contributed by atoms with Crippen LogP contribution in [0, 0.1) is 11.7 Å². The molecule has 0 aliphatic carbocycles. The summed E-state index contributed by atoms with van der Waals surface area (Å²) in [5, 5.41) is 0. The van der Waals surface area contributed by atoms with Gasteiger partial charge < -0.3 is 5.73 Å². The highest BCUT2D eigenvalue weighted by atomic mass is 19.1. The van der Waals surface area contributed by atoms with Crippen LogP contribution in [0.4, 0.5) is 10.1 Å². The number of nitrogens with zero attached hydrogens (tertiary/aromatic N) is 1. The lowest BCUT2D eigenvalue weighted by atomic mass is 9.86. The van der Waals surface area contributed by atoms with E-state index < -0.39 is 0 Å². The van der Waals surface area contributed by atoms with Crippen molar-refractivity contribution in [2.75, 3.05) is 0 Å². The molecule has 2 N–H and O–H groups in total. The monoisotopic (exact) mass is 206 g/mol. The minimum atomic E-state index is -0.244. The summed E-state index contributed by atoms with van der Waals surface area (Å²) in [4.78, 5) is 4.51. The predicted octanol–water partition coefficient (Wildman–Crippen LogP) is 2.96.